The highest BCUT2D eigenvalue weighted by Gasteiger charge is 2.29. The zero-order valence-electron chi connectivity index (χ0n) is 13.5. The summed E-state index contributed by atoms with van der Waals surface area (Å²) in [6, 6.07) is 2.64. The number of aromatic nitrogens is 2. The van der Waals surface area contributed by atoms with Gasteiger partial charge in [-0.1, -0.05) is 20.8 Å². The van der Waals surface area contributed by atoms with Gasteiger partial charge in [0.05, 0.1) is 0 Å². The first-order valence-corrected chi connectivity index (χ1v) is 7.87. The third kappa shape index (κ3) is 3.41. The van der Waals surface area contributed by atoms with Crippen LogP contribution in [0.2, 0.25) is 0 Å². The largest absolute Gasteiger partial charge is 0.370 e. The molecule has 4 heteroatoms. The Balaban J connectivity index is 2.24. The van der Waals surface area contributed by atoms with Crippen LogP contribution in [0, 0.1) is 18.8 Å². The quantitative estimate of drug-likeness (QED) is 0.914. The van der Waals surface area contributed by atoms with E-state index in [9.17, 15) is 0 Å². The molecular weight excluding hydrogens is 248 g/mol. The molecule has 1 aromatic rings. The van der Waals surface area contributed by atoms with Crippen LogP contribution in [-0.4, -0.2) is 29.1 Å². The summed E-state index contributed by atoms with van der Waals surface area (Å²) in [6.45, 7) is 13.2. The zero-order chi connectivity index (χ0) is 14.7. The van der Waals surface area contributed by atoms with Gasteiger partial charge in [-0.2, -0.15) is 0 Å². The highest BCUT2D eigenvalue weighted by Crippen LogP contribution is 2.31. The molecular formula is C16H28N4. The van der Waals surface area contributed by atoms with E-state index in [2.05, 4.69) is 53.9 Å². The molecule has 1 N–H and O–H groups in total. The van der Waals surface area contributed by atoms with Gasteiger partial charge in [-0.05, 0) is 38.5 Å². The van der Waals surface area contributed by atoms with Crippen LogP contribution in [0.5, 0.6) is 0 Å². The molecule has 2 heterocycles. The minimum Gasteiger partial charge on any atom is -0.370 e. The summed E-state index contributed by atoms with van der Waals surface area (Å²) in [7, 11) is 0. The SMILES string of the molecule is CCCNc1cc(N2CC(C)CC(C)C2C)nc(C)n1. The van der Waals surface area contributed by atoms with E-state index in [-0.39, 0.29) is 0 Å². The van der Waals surface area contributed by atoms with Crippen molar-refractivity contribution in [2.45, 2.75) is 53.5 Å². The molecule has 0 bridgehead atoms. The molecule has 20 heavy (non-hydrogen) atoms. The number of hydrogen-bond acceptors (Lipinski definition) is 4. The summed E-state index contributed by atoms with van der Waals surface area (Å²) in [4.78, 5) is 11.6. The van der Waals surface area contributed by atoms with Crippen molar-refractivity contribution in [3.05, 3.63) is 11.9 Å². The molecule has 0 radical (unpaired) electrons. The van der Waals surface area contributed by atoms with Gasteiger partial charge in [-0.25, -0.2) is 9.97 Å². The molecule has 112 valence electrons. The Bertz CT molecular complexity index is 446. The Labute approximate surface area is 123 Å². The number of nitrogens with zero attached hydrogens (tertiary/aromatic N) is 3. The average molecular weight is 276 g/mol. The molecule has 4 nitrogen and oxygen atoms in total. The van der Waals surface area contributed by atoms with Crippen molar-refractivity contribution in [2.75, 3.05) is 23.3 Å². The van der Waals surface area contributed by atoms with Gasteiger partial charge in [0.25, 0.3) is 0 Å². The Morgan fingerprint density at radius 1 is 1.30 bits per heavy atom. The molecule has 1 aliphatic heterocycles. The number of piperidine rings is 1. The normalized spacial score (nSPS) is 26.6. The van der Waals surface area contributed by atoms with E-state index in [0.29, 0.717) is 12.0 Å². The summed E-state index contributed by atoms with van der Waals surface area (Å²) in [6.07, 6.45) is 2.41. The predicted molar refractivity (Wildman–Crippen MR) is 85.3 cm³/mol. The van der Waals surface area contributed by atoms with Gasteiger partial charge in [0.1, 0.15) is 17.5 Å². The van der Waals surface area contributed by atoms with E-state index in [1.165, 1.54) is 6.42 Å². The van der Waals surface area contributed by atoms with Crippen LogP contribution in [0.4, 0.5) is 11.6 Å². The van der Waals surface area contributed by atoms with Gasteiger partial charge in [-0.3, -0.25) is 0 Å². The summed E-state index contributed by atoms with van der Waals surface area (Å²) in [5.41, 5.74) is 0. The fourth-order valence-corrected chi connectivity index (χ4v) is 3.06. The molecule has 1 fully saturated rings. The Morgan fingerprint density at radius 2 is 2.05 bits per heavy atom. The molecule has 3 unspecified atom stereocenters. The topological polar surface area (TPSA) is 41.0 Å². The van der Waals surface area contributed by atoms with Gasteiger partial charge < -0.3 is 10.2 Å². The lowest BCUT2D eigenvalue weighted by Crippen LogP contribution is -2.46. The first-order valence-electron chi connectivity index (χ1n) is 7.87. The second-order valence-corrected chi connectivity index (χ2v) is 6.30. The number of nitrogens with one attached hydrogen (secondary N) is 1. The zero-order valence-corrected chi connectivity index (χ0v) is 13.5. The van der Waals surface area contributed by atoms with Crippen LogP contribution in [0.3, 0.4) is 0 Å². The molecule has 1 aliphatic rings. The van der Waals surface area contributed by atoms with Crippen LogP contribution in [-0.2, 0) is 0 Å². The van der Waals surface area contributed by atoms with Crippen molar-refractivity contribution in [1.82, 2.24) is 9.97 Å². The van der Waals surface area contributed by atoms with Crippen molar-refractivity contribution < 1.29 is 0 Å². The Hall–Kier alpha value is -1.32. The molecule has 1 saturated heterocycles. The fourth-order valence-electron chi connectivity index (χ4n) is 3.06. The Morgan fingerprint density at radius 3 is 2.75 bits per heavy atom. The van der Waals surface area contributed by atoms with Crippen molar-refractivity contribution in [3.8, 4) is 0 Å². The lowest BCUT2D eigenvalue weighted by molar-refractivity contribution is 0.295. The van der Waals surface area contributed by atoms with Gasteiger partial charge >= 0.3 is 0 Å². The number of rotatable bonds is 4. The van der Waals surface area contributed by atoms with E-state index in [0.717, 1.165) is 42.9 Å². The molecule has 0 amide bonds. The van der Waals surface area contributed by atoms with Gasteiger partial charge in [0.15, 0.2) is 0 Å². The highest BCUT2D eigenvalue weighted by molar-refractivity contribution is 5.50. The van der Waals surface area contributed by atoms with Crippen LogP contribution in [0.25, 0.3) is 0 Å². The third-order valence-corrected chi connectivity index (χ3v) is 4.27. The maximum Gasteiger partial charge on any atom is 0.134 e. The summed E-state index contributed by atoms with van der Waals surface area (Å²) < 4.78 is 0. The van der Waals surface area contributed by atoms with Gasteiger partial charge in [0, 0.05) is 25.2 Å². The number of aryl methyl sites for hydroxylation is 1. The Kier molecular flexibility index (Phi) is 4.84. The van der Waals surface area contributed by atoms with Crippen LogP contribution >= 0.6 is 0 Å². The van der Waals surface area contributed by atoms with Crippen molar-refractivity contribution >= 4 is 11.6 Å². The molecule has 0 saturated carbocycles. The first-order chi connectivity index (χ1) is 9.51. The van der Waals surface area contributed by atoms with E-state index < -0.39 is 0 Å². The second-order valence-electron chi connectivity index (χ2n) is 6.30. The van der Waals surface area contributed by atoms with Gasteiger partial charge in [-0.15, -0.1) is 0 Å². The standard InChI is InChI=1S/C16H28N4/c1-6-7-17-15-9-16(19-14(5)18-15)20-10-11(2)8-12(3)13(20)4/h9,11-13H,6-8,10H2,1-5H3,(H,17,18,19). The van der Waals surface area contributed by atoms with Gasteiger partial charge in [0.2, 0.25) is 0 Å². The predicted octanol–water partition coefficient (Wildman–Crippen LogP) is 3.48. The minimum absolute atomic E-state index is 0.541. The fraction of sp³-hybridized carbons (Fsp3) is 0.750. The molecule has 0 aliphatic carbocycles. The minimum atomic E-state index is 0.541. The maximum atomic E-state index is 4.66. The van der Waals surface area contributed by atoms with Crippen molar-refractivity contribution in [3.63, 3.8) is 0 Å². The highest BCUT2D eigenvalue weighted by atomic mass is 15.2. The number of hydrogen-bond donors (Lipinski definition) is 1. The smallest absolute Gasteiger partial charge is 0.134 e. The monoisotopic (exact) mass is 276 g/mol. The first kappa shape index (κ1) is 15.1. The third-order valence-electron chi connectivity index (χ3n) is 4.27. The van der Waals surface area contributed by atoms with E-state index in [1.807, 2.05) is 6.92 Å². The lowest BCUT2D eigenvalue weighted by atomic mass is 9.86. The second kappa shape index (κ2) is 6.42. The lowest BCUT2D eigenvalue weighted by Gasteiger charge is -2.42. The van der Waals surface area contributed by atoms with Crippen LogP contribution in [0.1, 0.15) is 46.4 Å². The molecule has 1 aromatic heterocycles. The van der Waals surface area contributed by atoms with Crippen LogP contribution in [0.15, 0.2) is 6.07 Å². The molecule has 2 rings (SSSR count). The summed E-state index contributed by atoms with van der Waals surface area (Å²) in [5, 5.41) is 3.37. The molecule has 0 aromatic carbocycles. The van der Waals surface area contributed by atoms with E-state index in [4.69, 9.17) is 0 Å². The summed E-state index contributed by atoms with van der Waals surface area (Å²) in [5.74, 6) is 4.30. The molecule has 3 atom stereocenters. The van der Waals surface area contributed by atoms with Crippen molar-refractivity contribution in [1.29, 1.82) is 0 Å². The van der Waals surface area contributed by atoms with Crippen molar-refractivity contribution in [2.24, 2.45) is 11.8 Å². The van der Waals surface area contributed by atoms with E-state index in [1.54, 1.807) is 0 Å². The average Bonchev–Trinajstić information content (AvgIpc) is 2.40. The molecule has 0 spiro atoms. The van der Waals surface area contributed by atoms with E-state index >= 15 is 0 Å². The maximum absolute atomic E-state index is 4.66. The number of anilines is 2. The summed E-state index contributed by atoms with van der Waals surface area (Å²) >= 11 is 0. The van der Waals surface area contributed by atoms with Crippen LogP contribution < -0.4 is 10.2 Å².